The minimum Gasteiger partial charge on any atom is -0.478 e. The van der Waals surface area contributed by atoms with Crippen molar-refractivity contribution in [1.82, 2.24) is 0 Å². The lowest BCUT2D eigenvalue weighted by Crippen LogP contribution is -2.17. The van der Waals surface area contributed by atoms with Crippen LogP contribution in [0.3, 0.4) is 0 Å². The Kier molecular flexibility index (Phi) is 3.92. The van der Waals surface area contributed by atoms with Crippen LogP contribution in [0, 0.1) is 0 Å². The first-order chi connectivity index (χ1) is 11.3. The number of halogens is 3. The van der Waals surface area contributed by atoms with Crippen molar-refractivity contribution in [3.05, 3.63) is 65.4 Å². The van der Waals surface area contributed by atoms with Gasteiger partial charge in [-0.3, -0.25) is 0 Å². The summed E-state index contributed by atoms with van der Waals surface area (Å²) in [5, 5.41) is 9.50. The molecule has 0 spiro atoms. The van der Waals surface area contributed by atoms with Crippen LogP contribution in [0.15, 0.2) is 52.9 Å². The van der Waals surface area contributed by atoms with Crippen molar-refractivity contribution >= 4 is 16.9 Å². The smallest absolute Gasteiger partial charge is 0.478 e. The lowest BCUT2D eigenvalue weighted by Gasteiger charge is -2.08. The van der Waals surface area contributed by atoms with E-state index in [1.165, 1.54) is 6.07 Å². The van der Waals surface area contributed by atoms with Gasteiger partial charge >= 0.3 is 12.3 Å². The van der Waals surface area contributed by atoms with Crippen molar-refractivity contribution in [3.63, 3.8) is 0 Å². The molecule has 0 aliphatic heterocycles. The van der Waals surface area contributed by atoms with Gasteiger partial charge in [0.1, 0.15) is 22.7 Å². The maximum Gasteiger partial charge on any atom is 0.573 e. The van der Waals surface area contributed by atoms with Crippen LogP contribution in [-0.4, -0.2) is 17.4 Å². The van der Waals surface area contributed by atoms with Gasteiger partial charge in [0.15, 0.2) is 0 Å². The first-order valence-electron chi connectivity index (χ1n) is 6.92. The fraction of sp³-hybridized carbons (Fsp3) is 0.118. The summed E-state index contributed by atoms with van der Waals surface area (Å²) >= 11 is 0. The van der Waals surface area contributed by atoms with Gasteiger partial charge in [0, 0.05) is 11.8 Å². The van der Waals surface area contributed by atoms with Crippen LogP contribution in [0.5, 0.6) is 5.75 Å². The number of carboxylic acid groups (broad SMARTS) is 1. The Hall–Kier alpha value is -2.96. The number of ether oxygens (including phenoxy) is 1. The lowest BCUT2D eigenvalue weighted by molar-refractivity contribution is -0.274. The minimum absolute atomic E-state index is 0.0650. The number of hydrogen-bond donors (Lipinski definition) is 1. The van der Waals surface area contributed by atoms with Crippen LogP contribution in [0.4, 0.5) is 13.2 Å². The number of carboxylic acids is 1. The van der Waals surface area contributed by atoms with Gasteiger partial charge < -0.3 is 14.3 Å². The summed E-state index contributed by atoms with van der Waals surface area (Å²) in [6, 6.07) is 12.4. The number of benzene rings is 2. The number of hydrogen-bond acceptors (Lipinski definition) is 3. The maximum absolute atomic E-state index is 12.3. The van der Waals surface area contributed by atoms with E-state index in [1.54, 1.807) is 24.3 Å². The molecule has 3 aromatic rings. The Labute approximate surface area is 134 Å². The molecule has 0 aliphatic carbocycles. The SMILES string of the molecule is O=C(O)c1c(Cc2ccccc2)oc2ccc(OC(F)(F)F)cc12. The van der Waals surface area contributed by atoms with Gasteiger partial charge in [-0.05, 0) is 23.8 Å². The van der Waals surface area contributed by atoms with Gasteiger partial charge in [0.2, 0.25) is 0 Å². The summed E-state index contributed by atoms with van der Waals surface area (Å²) in [6.45, 7) is 0. The van der Waals surface area contributed by atoms with E-state index in [9.17, 15) is 23.1 Å². The molecule has 2 aromatic carbocycles. The molecular formula is C17H11F3O4. The first-order valence-corrected chi connectivity index (χ1v) is 6.92. The Bertz CT molecular complexity index is 882. The molecule has 124 valence electrons. The summed E-state index contributed by atoms with van der Waals surface area (Å²) < 4.78 is 46.4. The Morgan fingerprint density at radius 1 is 1.12 bits per heavy atom. The Morgan fingerprint density at radius 2 is 1.83 bits per heavy atom. The molecule has 1 aromatic heterocycles. The quantitative estimate of drug-likeness (QED) is 0.755. The zero-order valence-corrected chi connectivity index (χ0v) is 12.1. The van der Waals surface area contributed by atoms with Crippen molar-refractivity contribution < 1.29 is 32.2 Å². The molecule has 1 N–H and O–H groups in total. The van der Waals surface area contributed by atoms with E-state index in [1.807, 2.05) is 6.07 Å². The molecule has 0 bridgehead atoms. The molecule has 0 saturated heterocycles. The lowest BCUT2D eigenvalue weighted by atomic mass is 10.1. The number of aromatic carboxylic acids is 1. The van der Waals surface area contributed by atoms with Crippen LogP contribution in [0.1, 0.15) is 21.7 Å². The summed E-state index contributed by atoms with van der Waals surface area (Å²) in [5.41, 5.74) is 0.847. The number of alkyl halides is 3. The number of rotatable bonds is 4. The molecular weight excluding hydrogens is 325 g/mol. The predicted octanol–water partition coefficient (Wildman–Crippen LogP) is 4.62. The van der Waals surface area contributed by atoms with E-state index < -0.39 is 18.1 Å². The van der Waals surface area contributed by atoms with Crippen LogP contribution in [0.2, 0.25) is 0 Å². The van der Waals surface area contributed by atoms with Crippen LogP contribution < -0.4 is 4.74 Å². The topological polar surface area (TPSA) is 59.7 Å². The van der Waals surface area contributed by atoms with Gasteiger partial charge in [-0.1, -0.05) is 30.3 Å². The summed E-state index contributed by atoms with van der Waals surface area (Å²) in [4.78, 5) is 11.6. The molecule has 24 heavy (non-hydrogen) atoms. The number of carbonyl (C=O) groups is 1. The second-order valence-electron chi connectivity index (χ2n) is 5.07. The zero-order chi connectivity index (χ0) is 17.3. The van der Waals surface area contributed by atoms with Crippen molar-refractivity contribution in [2.45, 2.75) is 12.8 Å². The normalized spacial score (nSPS) is 11.6. The molecule has 0 aliphatic rings. The van der Waals surface area contributed by atoms with E-state index in [0.29, 0.717) is 0 Å². The zero-order valence-electron chi connectivity index (χ0n) is 12.1. The van der Waals surface area contributed by atoms with Crippen molar-refractivity contribution in [3.8, 4) is 5.75 Å². The average molecular weight is 336 g/mol. The third-order valence-corrected chi connectivity index (χ3v) is 3.39. The minimum atomic E-state index is -4.85. The second kappa shape index (κ2) is 5.92. The molecule has 0 amide bonds. The molecule has 4 nitrogen and oxygen atoms in total. The van der Waals surface area contributed by atoms with E-state index >= 15 is 0 Å². The summed E-state index contributed by atoms with van der Waals surface area (Å²) in [6.07, 6.45) is -4.64. The second-order valence-corrected chi connectivity index (χ2v) is 5.07. The molecule has 7 heteroatoms. The van der Waals surface area contributed by atoms with Gasteiger partial charge in [-0.15, -0.1) is 13.2 Å². The van der Waals surface area contributed by atoms with E-state index in [4.69, 9.17) is 4.42 Å². The third-order valence-electron chi connectivity index (χ3n) is 3.39. The van der Waals surface area contributed by atoms with E-state index in [-0.39, 0.29) is 28.7 Å². The molecule has 3 rings (SSSR count). The summed E-state index contributed by atoms with van der Waals surface area (Å²) in [7, 11) is 0. The fourth-order valence-electron chi connectivity index (χ4n) is 2.46. The third kappa shape index (κ3) is 3.34. The molecule has 0 radical (unpaired) electrons. The van der Waals surface area contributed by atoms with Crippen LogP contribution >= 0.6 is 0 Å². The van der Waals surface area contributed by atoms with Crippen molar-refractivity contribution in [1.29, 1.82) is 0 Å². The largest absolute Gasteiger partial charge is 0.573 e. The van der Waals surface area contributed by atoms with Crippen LogP contribution in [0.25, 0.3) is 11.0 Å². The number of furan rings is 1. The van der Waals surface area contributed by atoms with Gasteiger partial charge in [0.25, 0.3) is 0 Å². The molecule has 1 heterocycles. The maximum atomic E-state index is 12.3. The number of fused-ring (bicyclic) bond motifs is 1. The predicted molar refractivity (Wildman–Crippen MR) is 79.1 cm³/mol. The van der Waals surface area contributed by atoms with Gasteiger partial charge in [0.05, 0.1) is 0 Å². The van der Waals surface area contributed by atoms with E-state index in [0.717, 1.165) is 17.7 Å². The molecule has 0 saturated carbocycles. The van der Waals surface area contributed by atoms with E-state index in [2.05, 4.69) is 4.74 Å². The van der Waals surface area contributed by atoms with Crippen molar-refractivity contribution in [2.24, 2.45) is 0 Å². The Balaban J connectivity index is 2.07. The molecule has 0 atom stereocenters. The van der Waals surface area contributed by atoms with Crippen molar-refractivity contribution in [2.75, 3.05) is 0 Å². The Morgan fingerprint density at radius 3 is 2.46 bits per heavy atom. The molecule has 0 fully saturated rings. The van der Waals surface area contributed by atoms with Crippen LogP contribution in [-0.2, 0) is 6.42 Å². The molecule has 0 unspecified atom stereocenters. The highest BCUT2D eigenvalue weighted by Gasteiger charge is 2.31. The standard InChI is InChI=1S/C17H11F3O4/c18-17(19,20)24-11-6-7-13-12(9-11)15(16(21)22)14(23-13)8-10-4-2-1-3-5-10/h1-7,9H,8H2,(H,21,22). The first kappa shape index (κ1) is 15.9. The average Bonchev–Trinajstić information content (AvgIpc) is 2.83. The highest BCUT2D eigenvalue weighted by molar-refractivity contribution is 6.04. The van der Waals surface area contributed by atoms with Gasteiger partial charge in [-0.25, -0.2) is 4.79 Å². The fourth-order valence-corrected chi connectivity index (χ4v) is 2.46. The highest BCUT2D eigenvalue weighted by atomic mass is 19.4. The monoisotopic (exact) mass is 336 g/mol. The summed E-state index contributed by atoms with van der Waals surface area (Å²) in [5.74, 6) is -1.60. The highest BCUT2D eigenvalue weighted by Crippen LogP contribution is 2.32. The van der Waals surface area contributed by atoms with Gasteiger partial charge in [-0.2, -0.15) is 0 Å².